The Kier molecular flexibility index (Phi) is 3.49. The third-order valence-electron chi connectivity index (χ3n) is 4.93. The average molecular weight is 350 g/mol. The summed E-state index contributed by atoms with van der Waals surface area (Å²) in [6.45, 7) is 1.92. The molecule has 8 nitrogen and oxygen atoms in total. The lowest BCUT2D eigenvalue weighted by Crippen LogP contribution is -2.41. The second kappa shape index (κ2) is 5.99. The standard InChI is InChI=1S/C18H18N6O2/c25-14-9-11(18-20-22-23-21-18)10-16-17(14)24(12-5-7-19-8-6-12)13-3-1-2-4-15(13)26-16/h1-4,9-10,12,19,25H,5-8H2,(H,20,21,22,23). The van der Waals surface area contributed by atoms with Crippen molar-refractivity contribution in [3.8, 4) is 28.6 Å². The number of nitrogens with zero attached hydrogens (tertiary/aromatic N) is 4. The number of H-pyrrole nitrogens is 1. The summed E-state index contributed by atoms with van der Waals surface area (Å²) >= 11 is 0. The SMILES string of the molecule is Oc1cc(-c2nnn[nH]2)cc2c1N(C1CCNCC1)c1ccccc1O2. The van der Waals surface area contributed by atoms with Crippen molar-refractivity contribution in [2.75, 3.05) is 18.0 Å². The lowest BCUT2D eigenvalue weighted by atomic mass is 10.00. The fourth-order valence-electron chi connectivity index (χ4n) is 3.76. The molecule has 0 spiro atoms. The molecule has 0 radical (unpaired) electrons. The highest BCUT2D eigenvalue weighted by Gasteiger charge is 2.33. The first-order valence-corrected chi connectivity index (χ1v) is 8.69. The maximum absolute atomic E-state index is 10.8. The Labute approximate surface area is 149 Å². The number of aromatic amines is 1. The molecule has 0 amide bonds. The van der Waals surface area contributed by atoms with Gasteiger partial charge in [0.05, 0.1) is 5.69 Å². The normalized spacial score (nSPS) is 16.7. The van der Waals surface area contributed by atoms with Crippen LogP contribution in [0.25, 0.3) is 11.4 Å². The Balaban J connectivity index is 1.67. The number of anilines is 2. The molecule has 2 aromatic carbocycles. The van der Waals surface area contributed by atoms with Gasteiger partial charge in [0.2, 0.25) is 0 Å². The van der Waals surface area contributed by atoms with Gasteiger partial charge < -0.3 is 20.1 Å². The summed E-state index contributed by atoms with van der Waals surface area (Å²) in [7, 11) is 0. The van der Waals surface area contributed by atoms with E-state index in [2.05, 4.69) is 30.8 Å². The molecule has 1 fully saturated rings. The number of piperidine rings is 1. The molecule has 132 valence electrons. The first kappa shape index (κ1) is 15.2. The Morgan fingerprint density at radius 1 is 1.12 bits per heavy atom. The fraction of sp³-hybridized carbons (Fsp3) is 0.278. The van der Waals surface area contributed by atoms with Crippen LogP contribution in [0.1, 0.15) is 12.8 Å². The average Bonchev–Trinajstić information content (AvgIpc) is 3.22. The second-order valence-corrected chi connectivity index (χ2v) is 6.51. The van der Waals surface area contributed by atoms with Gasteiger partial charge in [0.25, 0.3) is 0 Å². The smallest absolute Gasteiger partial charge is 0.179 e. The van der Waals surface area contributed by atoms with Gasteiger partial charge in [-0.05, 0) is 60.6 Å². The molecule has 1 saturated heterocycles. The number of hydrogen-bond acceptors (Lipinski definition) is 7. The topological polar surface area (TPSA) is 99.2 Å². The minimum Gasteiger partial charge on any atom is -0.506 e. The van der Waals surface area contributed by atoms with Gasteiger partial charge in [0, 0.05) is 11.6 Å². The van der Waals surface area contributed by atoms with E-state index in [1.54, 1.807) is 6.07 Å². The Hall–Kier alpha value is -3.13. The van der Waals surface area contributed by atoms with Crippen LogP contribution in [0.3, 0.4) is 0 Å². The lowest BCUT2D eigenvalue weighted by molar-refractivity contribution is 0.413. The molecule has 3 heterocycles. The van der Waals surface area contributed by atoms with Crippen LogP contribution < -0.4 is 15.0 Å². The van der Waals surface area contributed by atoms with E-state index in [0.717, 1.165) is 37.4 Å². The van der Waals surface area contributed by atoms with E-state index in [4.69, 9.17) is 4.74 Å². The Morgan fingerprint density at radius 2 is 1.96 bits per heavy atom. The number of hydrogen-bond donors (Lipinski definition) is 3. The molecule has 0 atom stereocenters. The predicted octanol–water partition coefficient (Wildman–Crippen LogP) is 2.57. The van der Waals surface area contributed by atoms with E-state index in [1.807, 2.05) is 30.3 Å². The van der Waals surface area contributed by atoms with Crippen LogP contribution in [0.2, 0.25) is 0 Å². The molecule has 0 bridgehead atoms. The van der Waals surface area contributed by atoms with Crippen LogP contribution in [0, 0.1) is 0 Å². The number of rotatable bonds is 2. The number of phenolic OH excluding ortho intramolecular Hbond substituents is 1. The number of phenols is 1. The second-order valence-electron chi connectivity index (χ2n) is 6.51. The van der Waals surface area contributed by atoms with Crippen LogP contribution >= 0.6 is 0 Å². The van der Waals surface area contributed by atoms with Gasteiger partial charge in [0.1, 0.15) is 11.4 Å². The van der Waals surface area contributed by atoms with E-state index in [-0.39, 0.29) is 5.75 Å². The van der Waals surface area contributed by atoms with Crippen molar-refractivity contribution in [2.45, 2.75) is 18.9 Å². The summed E-state index contributed by atoms with van der Waals surface area (Å²) in [5.74, 6) is 2.03. The van der Waals surface area contributed by atoms with Gasteiger partial charge in [-0.3, -0.25) is 0 Å². The molecule has 0 saturated carbocycles. The van der Waals surface area contributed by atoms with Crippen LogP contribution in [0.4, 0.5) is 11.4 Å². The van der Waals surface area contributed by atoms with Gasteiger partial charge in [0.15, 0.2) is 17.3 Å². The summed E-state index contributed by atoms with van der Waals surface area (Å²) in [6, 6.07) is 11.8. The summed E-state index contributed by atoms with van der Waals surface area (Å²) < 4.78 is 6.12. The zero-order valence-electron chi connectivity index (χ0n) is 14.0. The number of tetrazole rings is 1. The highest BCUT2D eigenvalue weighted by atomic mass is 16.5. The van der Waals surface area contributed by atoms with Crippen LogP contribution in [0.15, 0.2) is 36.4 Å². The van der Waals surface area contributed by atoms with E-state index in [0.29, 0.717) is 28.9 Å². The predicted molar refractivity (Wildman–Crippen MR) is 95.8 cm³/mol. The van der Waals surface area contributed by atoms with Crippen molar-refractivity contribution in [3.63, 3.8) is 0 Å². The highest BCUT2D eigenvalue weighted by molar-refractivity contribution is 5.85. The molecule has 2 aliphatic rings. The maximum Gasteiger partial charge on any atom is 0.179 e. The lowest BCUT2D eigenvalue weighted by Gasteiger charge is -2.40. The van der Waals surface area contributed by atoms with Crippen molar-refractivity contribution in [3.05, 3.63) is 36.4 Å². The number of fused-ring (bicyclic) bond motifs is 2. The minimum absolute atomic E-state index is 0.155. The molecule has 3 aromatic rings. The van der Waals surface area contributed by atoms with Gasteiger partial charge in [-0.15, -0.1) is 5.10 Å². The third kappa shape index (κ3) is 2.38. The Bertz CT molecular complexity index is 937. The monoisotopic (exact) mass is 350 g/mol. The molecular formula is C18H18N6O2. The van der Waals surface area contributed by atoms with Gasteiger partial charge >= 0.3 is 0 Å². The van der Waals surface area contributed by atoms with Crippen molar-refractivity contribution >= 4 is 11.4 Å². The van der Waals surface area contributed by atoms with Crippen LogP contribution in [-0.4, -0.2) is 44.9 Å². The quantitative estimate of drug-likeness (QED) is 0.653. The number of para-hydroxylation sites is 2. The van der Waals surface area contributed by atoms with Crippen molar-refractivity contribution in [1.29, 1.82) is 0 Å². The van der Waals surface area contributed by atoms with Crippen LogP contribution in [-0.2, 0) is 0 Å². The summed E-state index contributed by atoms with van der Waals surface area (Å²) in [4.78, 5) is 2.22. The number of ether oxygens (including phenoxy) is 1. The highest BCUT2D eigenvalue weighted by Crippen LogP contribution is 2.53. The first-order valence-electron chi connectivity index (χ1n) is 8.69. The van der Waals surface area contributed by atoms with E-state index < -0.39 is 0 Å². The van der Waals surface area contributed by atoms with Gasteiger partial charge in [-0.1, -0.05) is 12.1 Å². The molecule has 5 rings (SSSR count). The summed E-state index contributed by atoms with van der Waals surface area (Å²) in [6.07, 6.45) is 2.00. The largest absolute Gasteiger partial charge is 0.506 e. The minimum atomic E-state index is 0.155. The van der Waals surface area contributed by atoms with E-state index in [9.17, 15) is 5.11 Å². The van der Waals surface area contributed by atoms with Gasteiger partial charge in [-0.25, -0.2) is 5.10 Å². The van der Waals surface area contributed by atoms with Gasteiger partial charge in [-0.2, -0.15) is 0 Å². The van der Waals surface area contributed by atoms with E-state index in [1.165, 1.54) is 0 Å². The zero-order valence-corrected chi connectivity index (χ0v) is 14.0. The number of aromatic nitrogens is 4. The van der Waals surface area contributed by atoms with Crippen molar-refractivity contribution in [1.82, 2.24) is 25.9 Å². The summed E-state index contributed by atoms with van der Waals surface area (Å²) in [5.41, 5.74) is 2.36. The Morgan fingerprint density at radius 3 is 2.77 bits per heavy atom. The van der Waals surface area contributed by atoms with Crippen molar-refractivity contribution < 1.29 is 9.84 Å². The molecule has 26 heavy (non-hydrogen) atoms. The molecule has 2 aliphatic heterocycles. The molecule has 0 unspecified atom stereocenters. The molecule has 0 aliphatic carbocycles. The summed E-state index contributed by atoms with van der Waals surface area (Å²) in [5, 5.41) is 28.1. The first-order chi connectivity index (χ1) is 12.8. The number of benzene rings is 2. The van der Waals surface area contributed by atoms with E-state index >= 15 is 0 Å². The number of aromatic hydroxyl groups is 1. The molecule has 3 N–H and O–H groups in total. The third-order valence-corrected chi connectivity index (χ3v) is 4.93. The van der Waals surface area contributed by atoms with Crippen LogP contribution in [0.5, 0.6) is 17.2 Å². The maximum atomic E-state index is 10.8. The fourth-order valence-corrected chi connectivity index (χ4v) is 3.76. The molecule has 8 heteroatoms. The molecule has 1 aromatic heterocycles. The zero-order chi connectivity index (χ0) is 17.5. The molecular weight excluding hydrogens is 332 g/mol. The van der Waals surface area contributed by atoms with Crippen molar-refractivity contribution in [2.24, 2.45) is 0 Å². The number of nitrogens with one attached hydrogen (secondary N) is 2.